The number of carboxylic acid groups (broad SMARTS) is 1. The SMILES string of the molecule is Cn1cc(-c2cc(C(N)=O)nc3[nH]ncc23)c2c(OCCN)cccc21.O=C(O)C(F)(F)F. The summed E-state index contributed by atoms with van der Waals surface area (Å²) in [5.41, 5.74) is 14.4. The lowest BCUT2D eigenvalue weighted by molar-refractivity contribution is -0.192. The fraction of sp³-hybridized carbons (Fsp3) is 0.200. The molecule has 0 saturated heterocycles. The Hall–Kier alpha value is -4.13. The van der Waals surface area contributed by atoms with Crippen LogP contribution in [0.25, 0.3) is 33.1 Å². The predicted molar refractivity (Wildman–Crippen MR) is 113 cm³/mol. The van der Waals surface area contributed by atoms with Crippen LogP contribution in [0, 0.1) is 0 Å². The molecule has 0 bridgehead atoms. The molecule has 6 N–H and O–H groups in total. The molecule has 0 saturated carbocycles. The van der Waals surface area contributed by atoms with Gasteiger partial charge in [-0.25, -0.2) is 9.78 Å². The topological polar surface area (TPSA) is 162 Å². The van der Waals surface area contributed by atoms with E-state index >= 15 is 0 Å². The molecule has 174 valence electrons. The van der Waals surface area contributed by atoms with Gasteiger partial charge in [0.2, 0.25) is 0 Å². The Kier molecular flexibility index (Phi) is 6.53. The highest BCUT2D eigenvalue weighted by atomic mass is 19.4. The number of nitrogens with zero attached hydrogens (tertiary/aromatic N) is 3. The van der Waals surface area contributed by atoms with E-state index in [-0.39, 0.29) is 5.69 Å². The van der Waals surface area contributed by atoms with E-state index in [4.69, 9.17) is 26.1 Å². The van der Waals surface area contributed by atoms with Gasteiger partial charge in [0.15, 0.2) is 5.65 Å². The van der Waals surface area contributed by atoms with Crippen molar-refractivity contribution in [3.8, 4) is 16.9 Å². The van der Waals surface area contributed by atoms with Crippen LogP contribution < -0.4 is 16.2 Å². The molecule has 10 nitrogen and oxygen atoms in total. The highest BCUT2D eigenvalue weighted by molar-refractivity contribution is 6.08. The maximum absolute atomic E-state index is 11.7. The third-order valence-corrected chi connectivity index (χ3v) is 4.56. The molecule has 0 radical (unpaired) electrons. The van der Waals surface area contributed by atoms with E-state index in [1.54, 1.807) is 12.3 Å². The molecular formula is C20H19F3N6O4. The van der Waals surface area contributed by atoms with Crippen LogP contribution in [0.1, 0.15) is 10.5 Å². The summed E-state index contributed by atoms with van der Waals surface area (Å²) in [5.74, 6) is -2.62. The van der Waals surface area contributed by atoms with Crippen molar-refractivity contribution >= 4 is 33.8 Å². The number of aliphatic carboxylic acids is 1. The number of hydrogen-bond donors (Lipinski definition) is 4. The third-order valence-electron chi connectivity index (χ3n) is 4.56. The Bertz CT molecular complexity index is 1330. The minimum absolute atomic E-state index is 0.175. The van der Waals surface area contributed by atoms with Gasteiger partial charge in [-0.05, 0) is 23.8 Å². The second-order valence-electron chi connectivity index (χ2n) is 6.80. The quantitative estimate of drug-likeness (QED) is 0.352. The number of nitrogens with two attached hydrogens (primary N) is 2. The van der Waals surface area contributed by atoms with Gasteiger partial charge in [-0.2, -0.15) is 18.3 Å². The minimum Gasteiger partial charge on any atom is -0.492 e. The molecule has 13 heteroatoms. The predicted octanol–water partition coefficient (Wildman–Crippen LogP) is 2.19. The molecule has 0 aliphatic heterocycles. The van der Waals surface area contributed by atoms with Crippen molar-refractivity contribution in [1.29, 1.82) is 0 Å². The van der Waals surface area contributed by atoms with Crippen molar-refractivity contribution in [3.05, 3.63) is 42.4 Å². The number of halogens is 3. The number of carbonyl (C=O) groups is 2. The Morgan fingerprint density at radius 2 is 1.97 bits per heavy atom. The number of rotatable bonds is 5. The fourth-order valence-electron chi connectivity index (χ4n) is 3.18. The maximum Gasteiger partial charge on any atom is 0.490 e. The molecule has 0 unspecified atom stereocenters. The summed E-state index contributed by atoms with van der Waals surface area (Å²) in [6, 6.07) is 7.54. The summed E-state index contributed by atoms with van der Waals surface area (Å²) < 4.78 is 39.6. The number of primary amides is 1. The second kappa shape index (κ2) is 9.16. The molecule has 4 rings (SSSR count). The number of carboxylic acids is 1. The summed E-state index contributed by atoms with van der Waals surface area (Å²) in [5, 5.41) is 15.7. The molecule has 3 aromatic heterocycles. The molecule has 1 amide bonds. The maximum atomic E-state index is 11.7. The summed E-state index contributed by atoms with van der Waals surface area (Å²) in [6.45, 7) is 0.836. The number of benzene rings is 1. The first-order valence-corrected chi connectivity index (χ1v) is 9.40. The standard InChI is InChI=1S/C18H18N6O2.C2HF3O2/c1-24-9-12(16-14(24)3-2-4-15(16)26-6-5-19)10-7-13(17(20)25)22-18-11(10)8-21-23-18;3-2(4,5)1(6)7/h2-4,7-9H,5-6,19H2,1H3,(H2,20,25)(H,21,22,23);(H,6,7). The van der Waals surface area contributed by atoms with Crippen molar-refractivity contribution < 1.29 is 32.6 Å². The number of hydrogen-bond acceptors (Lipinski definition) is 6. The van der Waals surface area contributed by atoms with E-state index in [9.17, 15) is 18.0 Å². The lowest BCUT2D eigenvalue weighted by atomic mass is 10.0. The largest absolute Gasteiger partial charge is 0.492 e. The fourth-order valence-corrected chi connectivity index (χ4v) is 3.18. The number of aromatic nitrogens is 4. The number of carbonyl (C=O) groups excluding carboxylic acids is 1. The number of aromatic amines is 1. The summed E-state index contributed by atoms with van der Waals surface area (Å²) in [6.07, 6.45) is -1.41. The van der Waals surface area contributed by atoms with Crippen LogP contribution in [-0.4, -0.2) is 56.1 Å². The number of aryl methyl sites for hydroxylation is 1. The van der Waals surface area contributed by atoms with E-state index < -0.39 is 18.1 Å². The van der Waals surface area contributed by atoms with Gasteiger partial charge in [0, 0.05) is 36.1 Å². The molecule has 0 aliphatic rings. The van der Waals surface area contributed by atoms with Crippen LogP contribution in [-0.2, 0) is 11.8 Å². The third kappa shape index (κ3) is 4.87. The van der Waals surface area contributed by atoms with E-state index in [2.05, 4.69) is 15.2 Å². The molecule has 0 spiro atoms. The lowest BCUT2D eigenvalue weighted by Gasteiger charge is -2.09. The first-order chi connectivity index (χ1) is 15.5. The van der Waals surface area contributed by atoms with Crippen LogP contribution in [0.2, 0.25) is 0 Å². The summed E-state index contributed by atoms with van der Waals surface area (Å²) in [7, 11) is 1.96. The molecule has 0 aliphatic carbocycles. The average Bonchev–Trinajstić information content (AvgIpc) is 3.36. The Labute approximate surface area is 183 Å². The van der Waals surface area contributed by atoms with E-state index in [0.29, 0.717) is 18.8 Å². The zero-order valence-corrected chi connectivity index (χ0v) is 17.2. The molecule has 1 aromatic carbocycles. The van der Waals surface area contributed by atoms with Gasteiger partial charge >= 0.3 is 12.1 Å². The van der Waals surface area contributed by atoms with Gasteiger partial charge in [0.05, 0.1) is 11.7 Å². The van der Waals surface area contributed by atoms with Crippen LogP contribution in [0.4, 0.5) is 13.2 Å². The summed E-state index contributed by atoms with van der Waals surface area (Å²) in [4.78, 5) is 24.8. The number of nitrogens with one attached hydrogen (secondary N) is 1. The summed E-state index contributed by atoms with van der Waals surface area (Å²) >= 11 is 0. The lowest BCUT2D eigenvalue weighted by Crippen LogP contribution is -2.21. The number of alkyl halides is 3. The van der Waals surface area contributed by atoms with Crippen LogP contribution >= 0.6 is 0 Å². The van der Waals surface area contributed by atoms with Gasteiger partial charge in [-0.3, -0.25) is 9.89 Å². The van der Waals surface area contributed by atoms with Crippen molar-refractivity contribution in [1.82, 2.24) is 19.7 Å². The van der Waals surface area contributed by atoms with Crippen LogP contribution in [0.5, 0.6) is 5.75 Å². The van der Waals surface area contributed by atoms with Crippen LogP contribution in [0.3, 0.4) is 0 Å². The highest BCUT2D eigenvalue weighted by Gasteiger charge is 2.38. The van der Waals surface area contributed by atoms with Gasteiger partial charge in [0.25, 0.3) is 5.91 Å². The van der Waals surface area contributed by atoms with E-state index in [0.717, 1.165) is 33.2 Å². The Balaban J connectivity index is 0.000000383. The zero-order valence-electron chi connectivity index (χ0n) is 17.2. The van der Waals surface area contributed by atoms with Crippen molar-refractivity contribution in [2.45, 2.75) is 6.18 Å². The first kappa shape index (κ1) is 23.5. The van der Waals surface area contributed by atoms with Crippen molar-refractivity contribution in [2.24, 2.45) is 18.5 Å². The first-order valence-electron chi connectivity index (χ1n) is 9.40. The Morgan fingerprint density at radius 3 is 2.58 bits per heavy atom. The van der Waals surface area contributed by atoms with Gasteiger partial charge in [-0.15, -0.1) is 0 Å². The van der Waals surface area contributed by atoms with Gasteiger partial charge < -0.3 is 25.9 Å². The van der Waals surface area contributed by atoms with E-state index in [1.165, 1.54) is 0 Å². The van der Waals surface area contributed by atoms with Gasteiger partial charge in [-0.1, -0.05) is 6.07 Å². The van der Waals surface area contributed by atoms with Crippen molar-refractivity contribution in [2.75, 3.05) is 13.2 Å². The minimum atomic E-state index is -5.08. The van der Waals surface area contributed by atoms with Gasteiger partial charge in [0.1, 0.15) is 18.1 Å². The average molecular weight is 464 g/mol. The number of amides is 1. The zero-order chi connectivity index (χ0) is 24.3. The molecular weight excluding hydrogens is 445 g/mol. The number of ether oxygens (including phenoxy) is 1. The molecule has 3 heterocycles. The number of H-pyrrole nitrogens is 1. The second-order valence-corrected chi connectivity index (χ2v) is 6.80. The molecule has 33 heavy (non-hydrogen) atoms. The number of pyridine rings is 1. The molecule has 4 aromatic rings. The van der Waals surface area contributed by atoms with Crippen LogP contribution in [0.15, 0.2) is 36.7 Å². The van der Waals surface area contributed by atoms with E-state index in [1.807, 2.05) is 36.0 Å². The molecule has 0 fully saturated rings. The molecule has 0 atom stereocenters. The van der Waals surface area contributed by atoms with Crippen molar-refractivity contribution in [3.63, 3.8) is 0 Å². The monoisotopic (exact) mass is 464 g/mol. The normalized spacial score (nSPS) is 11.3. The smallest absolute Gasteiger partial charge is 0.490 e. The highest BCUT2D eigenvalue weighted by Crippen LogP contribution is 2.39. The number of fused-ring (bicyclic) bond motifs is 2. The Morgan fingerprint density at radius 1 is 1.27 bits per heavy atom.